The van der Waals surface area contributed by atoms with Crippen LogP contribution >= 0.6 is 0 Å². The molecule has 0 aliphatic rings. The molecule has 1 nitrogen and oxygen atoms in total. The van der Waals surface area contributed by atoms with Gasteiger partial charge in [-0.2, -0.15) is 0 Å². The fourth-order valence-electron chi connectivity index (χ4n) is 1.06. The molecule has 0 aliphatic heterocycles. The zero-order chi connectivity index (χ0) is 8.81. The molecule has 0 fully saturated rings. The molecule has 0 spiro atoms. The first-order chi connectivity index (χ1) is 5.86. The maximum absolute atomic E-state index is 11.8. The molecule has 1 aromatic rings. The third-order valence-electron chi connectivity index (χ3n) is 1.76. The van der Waals surface area contributed by atoms with Crippen molar-refractivity contribution >= 4 is 0 Å². The minimum atomic E-state index is -0.244. The molecular weight excluding hydrogens is 155 g/mol. The first kappa shape index (κ1) is 9.04. The van der Waals surface area contributed by atoms with Crippen LogP contribution in [-0.4, -0.2) is 13.8 Å². The lowest BCUT2D eigenvalue weighted by Crippen LogP contribution is -1.87. The zero-order valence-corrected chi connectivity index (χ0v) is 7.22. The fourth-order valence-corrected chi connectivity index (χ4v) is 1.06. The maximum Gasteiger partial charge on any atom is 0.118 e. The lowest BCUT2D eigenvalue weighted by atomic mass is 10.1. The first-order valence-corrected chi connectivity index (χ1v) is 4.05. The Morgan fingerprint density at radius 3 is 2.42 bits per heavy atom. The van der Waals surface area contributed by atoms with Crippen LogP contribution in [0.15, 0.2) is 24.3 Å². The van der Waals surface area contributed by atoms with Crippen LogP contribution in [0, 0.1) is 0 Å². The Morgan fingerprint density at radius 2 is 1.92 bits per heavy atom. The van der Waals surface area contributed by atoms with Crippen molar-refractivity contribution in [3.63, 3.8) is 0 Å². The largest absolute Gasteiger partial charge is 0.497 e. The molecule has 0 radical (unpaired) electrons. The van der Waals surface area contributed by atoms with Gasteiger partial charge in [-0.1, -0.05) is 12.1 Å². The molecule has 0 atom stereocenters. The summed E-state index contributed by atoms with van der Waals surface area (Å²) in [6.45, 7) is -0.244. The second-order valence-corrected chi connectivity index (χ2v) is 2.64. The molecule has 0 saturated carbocycles. The van der Waals surface area contributed by atoms with Gasteiger partial charge in [-0.05, 0) is 30.5 Å². The van der Waals surface area contributed by atoms with E-state index in [4.69, 9.17) is 4.74 Å². The van der Waals surface area contributed by atoms with Crippen LogP contribution in [-0.2, 0) is 6.42 Å². The second kappa shape index (κ2) is 4.75. The van der Waals surface area contributed by atoms with Crippen LogP contribution in [0.1, 0.15) is 12.0 Å². The number of hydrogen-bond acceptors (Lipinski definition) is 1. The highest BCUT2D eigenvalue weighted by atomic mass is 19.1. The lowest BCUT2D eigenvalue weighted by molar-refractivity contribution is 0.414. The summed E-state index contributed by atoms with van der Waals surface area (Å²) >= 11 is 0. The van der Waals surface area contributed by atoms with Gasteiger partial charge in [-0.3, -0.25) is 4.39 Å². The van der Waals surface area contributed by atoms with Crippen molar-refractivity contribution in [2.45, 2.75) is 12.8 Å². The number of ether oxygens (including phenoxy) is 1. The van der Waals surface area contributed by atoms with Gasteiger partial charge in [-0.25, -0.2) is 0 Å². The van der Waals surface area contributed by atoms with E-state index in [2.05, 4.69) is 0 Å². The van der Waals surface area contributed by atoms with E-state index in [1.807, 2.05) is 24.3 Å². The highest BCUT2D eigenvalue weighted by Gasteiger charge is 1.93. The molecule has 0 bridgehead atoms. The van der Waals surface area contributed by atoms with Crippen molar-refractivity contribution in [2.75, 3.05) is 13.8 Å². The first-order valence-electron chi connectivity index (χ1n) is 4.05. The van der Waals surface area contributed by atoms with Gasteiger partial charge in [0, 0.05) is 0 Å². The van der Waals surface area contributed by atoms with E-state index in [0.29, 0.717) is 6.42 Å². The monoisotopic (exact) mass is 168 g/mol. The molecular formula is C10H13FO. The van der Waals surface area contributed by atoms with Crippen LogP contribution in [0.4, 0.5) is 4.39 Å². The number of aryl methyl sites for hydroxylation is 1. The van der Waals surface area contributed by atoms with E-state index in [9.17, 15) is 4.39 Å². The standard InChI is InChI=1S/C10H13FO/c1-12-10-6-4-9(5-7-10)3-2-8-11/h4-7H,2-3,8H2,1H3. The Hall–Kier alpha value is -1.05. The third kappa shape index (κ3) is 2.53. The van der Waals surface area contributed by atoms with Crippen molar-refractivity contribution in [2.24, 2.45) is 0 Å². The average Bonchev–Trinajstić information content (AvgIpc) is 2.15. The van der Waals surface area contributed by atoms with E-state index in [1.165, 1.54) is 0 Å². The predicted molar refractivity (Wildman–Crippen MR) is 47.3 cm³/mol. The van der Waals surface area contributed by atoms with Crippen molar-refractivity contribution < 1.29 is 9.13 Å². The summed E-state index contributed by atoms with van der Waals surface area (Å²) in [6.07, 6.45) is 1.41. The number of benzene rings is 1. The number of alkyl halides is 1. The minimum Gasteiger partial charge on any atom is -0.497 e. The summed E-state index contributed by atoms with van der Waals surface area (Å²) in [4.78, 5) is 0. The van der Waals surface area contributed by atoms with Crippen molar-refractivity contribution in [1.29, 1.82) is 0 Å². The number of rotatable bonds is 4. The SMILES string of the molecule is COc1ccc(CCCF)cc1. The van der Waals surface area contributed by atoms with E-state index in [0.717, 1.165) is 17.7 Å². The Labute approximate surface area is 72.2 Å². The average molecular weight is 168 g/mol. The van der Waals surface area contributed by atoms with Crippen LogP contribution in [0.2, 0.25) is 0 Å². The Balaban J connectivity index is 2.53. The number of methoxy groups -OCH3 is 1. The topological polar surface area (TPSA) is 9.23 Å². The van der Waals surface area contributed by atoms with Crippen molar-refractivity contribution in [3.05, 3.63) is 29.8 Å². The molecule has 0 heterocycles. The molecule has 0 aliphatic carbocycles. The van der Waals surface area contributed by atoms with E-state index < -0.39 is 0 Å². The van der Waals surface area contributed by atoms with Gasteiger partial charge in [0.1, 0.15) is 5.75 Å². The molecule has 0 unspecified atom stereocenters. The number of halogens is 1. The molecule has 12 heavy (non-hydrogen) atoms. The quantitative estimate of drug-likeness (QED) is 0.671. The van der Waals surface area contributed by atoms with Gasteiger partial charge >= 0.3 is 0 Å². The van der Waals surface area contributed by atoms with Gasteiger partial charge in [0.05, 0.1) is 13.8 Å². The molecule has 1 rings (SSSR count). The molecule has 0 aromatic heterocycles. The molecule has 66 valence electrons. The zero-order valence-electron chi connectivity index (χ0n) is 7.22. The third-order valence-corrected chi connectivity index (χ3v) is 1.76. The van der Waals surface area contributed by atoms with Gasteiger partial charge in [0.2, 0.25) is 0 Å². The Kier molecular flexibility index (Phi) is 3.58. The van der Waals surface area contributed by atoms with Gasteiger partial charge < -0.3 is 4.74 Å². The van der Waals surface area contributed by atoms with Crippen molar-refractivity contribution in [1.82, 2.24) is 0 Å². The van der Waals surface area contributed by atoms with Gasteiger partial charge in [-0.15, -0.1) is 0 Å². The van der Waals surface area contributed by atoms with Crippen LogP contribution in [0.5, 0.6) is 5.75 Å². The summed E-state index contributed by atoms with van der Waals surface area (Å²) in [5, 5.41) is 0. The number of hydrogen-bond donors (Lipinski definition) is 0. The smallest absolute Gasteiger partial charge is 0.118 e. The molecule has 2 heteroatoms. The maximum atomic E-state index is 11.8. The second-order valence-electron chi connectivity index (χ2n) is 2.64. The minimum absolute atomic E-state index is 0.244. The fraction of sp³-hybridized carbons (Fsp3) is 0.400. The summed E-state index contributed by atoms with van der Waals surface area (Å²) in [5.41, 5.74) is 1.16. The van der Waals surface area contributed by atoms with E-state index >= 15 is 0 Å². The van der Waals surface area contributed by atoms with Gasteiger partial charge in [0.25, 0.3) is 0 Å². The van der Waals surface area contributed by atoms with Gasteiger partial charge in [0.15, 0.2) is 0 Å². The summed E-state index contributed by atoms with van der Waals surface area (Å²) in [7, 11) is 1.64. The van der Waals surface area contributed by atoms with Crippen molar-refractivity contribution in [3.8, 4) is 5.75 Å². The summed E-state index contributed by atoms with van der Waals surface area (Å²) in [5.74, 6) is 0.846. The Bertz CT molecular complexity index is 218. The molecule has 1 aromatic carbocycles. The van der Waals surface area contributed by atoms with Crippen LogP contribution < -0.4 is 4.74 Å². The summed E-state index contributed by atoms with van der Waals surface area (Å²) in [6, 6.07) is 7.73. The normalized spacial score (nSPS) is 9.83. The highest BCUT2D eigenvalue weighted by Crippen LogP contribution is 2.12. The van der Waals surface area contributed by atoms with E-state index in [1.54, 1.807) is 7.11 Å². The lowest BCUT2D eigenvalue weighted by Gasteiger charge is -2.01. The highest BCUT2D eigenvalue weighted by molar-refractivity contribution is 5.27. The molecule has 0 amide bonds. The predicted octanol–water partition coefficient (Wildman–Crippen LogP) is 2.60. The Morgan fingerprint density at radius 1 is 1.25 bits per heavy atom. The molecule has 0 saturated heterocycles. The van der Waals surface area contributed by atoms with Crippen LogP contribution in [0.3, 0.4) is 0 Å². The van der Waals surface area contributed by atoms with Crippen LogP contribution in [0.25, 0.3) is 0 Å². The van der Waals surface area contributed by atoms with E-state index in [-0.39, 0.29) is 6.67 Å². The summed E-state index contributed by atoms with van der Waals surface area (Å²) < 4.78 is 16.8. The molecule has 0 N–H and O–H groups in total.